The molecule has 2 fully saturated rings. The van der Waals surface area contributed by atoms with Crippen molar-refractivity contribution < 1.29 is 14.3 Å². The smallest absolute Gasteiger partial charge is 0.246 e. The Bertz CT molecular complexity index is 348. The van der Waals surface area contributed by atoms with Gasteiger partial charge in [-0.15, -0.1) is 12.4 Å². The van der Waals surface area contributed by atoms with Gasteiger partial charge in [-0.2, -0.15) is 0 Å². The van der Waals surface area contributed by atoms with Crippen LogP contribution in [0, 0.1) is 5.92 Å². The van der Waals surface area contributed by atoms with Crippen molar-refractivity contribution in [3.63, 3.8) is 0 Å². The maximum Gasteiger partial charge on any atom is 0.246 e. The number of rotatable bonds is 6. The lowest BCUT2D eigenvalue weighted by molar-refractivity contribution is -0.128. The van der Waals surface area contributed by atoms with Crippen molar-refractivity contribution in [3.8, 4) is 0 Å². The van der Waals surface area contributed by atoms with Gasteiger partial charge in [-0.3, -0.25) is 9.59 Å². The molecular formula is C14H26ClN3O3. The van der Waals surface area contributed by atoms with Gasteiger partial charge in [-0.25, -0.2) is 0 Å². The molecule has 0 spiro atoms. The summed E-state index contributed by atoms with van der Waals surface area (Å²) >= 11 is 0. The van der Waals surface area contributed by atoms with E-state index in [1.807, 2.05) is 0 Å². The highest BCUT2D eigenvalue weighted by Gasteiger charge is 2.29. The van der Waals surface area contributed by atoms with Crippen LogP contribution in [0.25, 0.3) is 0 Å². The molecule has 2 aliphatic heterocycles. The van der Waals surface area contributed by atoms with Crippen LogP contribution in [0.3, 0.4) is 0 Å². The molecule has 2 unspecified atom stereocenters. The molecule has 2 aliphatic rings. The lowest BCUT2D eigenvalue weighted by Gasteiger charge is -2.22. The molecule has 2 amide bonds. The topological polar surface area (TPSA) is 93.5 Å². The first-order valence-corrected chi connectivity index (χ1v) is 7.57. The highest BCUT2D eigenvalue weighted by atomic mass is 35.5. The molecule has 6 nitrogen and oxygen atoms in total. The molecular weight excluding hydrogens is 294 g/mol. The van der Waals surface area contributed by atoms with Crippen LogP contribution in [0.4, 0.5) is 0 Å². The summed E-state index contributed by atoms with van der Waals surface area (Å²) < 4.78 is 5.47. The lowest BCUT2D eigenvalue weighted by atomic mass is 9.93. The normalized spacial score (nSPS) is 26.1. The monoisotopic (exact) mass is 319 g/mol. The largest absolute Gasteiger partial charge is 0.367 e. The van der Waals surface area contributed by atoms with Gasteiger partial charge < -0.3 is 21.1 Å². The van der Waals surface area contributed by atoms with Gasteiger partial charge in [-0.05, 0) is 51.1 Å². The molecule has 21 heavy (non-hydrogen) atoms. The fraction of sp³-hybridized carbons (Fsp3) is 0.857. The van der Waals surface area contributed by atoms with Crippen LogP contribution >= 0.6 is 12.4 Å². The summed E-state index contributed by atoms with van der Waals surface area (Å²) in [6.45, 7) is 2.61. The quantitative estimate of drug-likeness (QED) is 0.658. The Hall–Kier alpha value is -0.850. The highest BCUT2D eigenvalue weighted by molar-refractivity contribution is 5.85. The molecule has 2 rings (SSSR count). The predicted octanol–water partition coefficient (Wildman–Crippen LogP) is 0.337. The summed E-state index contributed by atoms with van der Waals surface area (Å²) in [5.74, 6) is 0.336. The van der Waals surface area contributed by atoms with Crippen LogP contribution < -0.4 is 16.4 Å². The van der Waals surface area contributed by atoms with Gasteiger partial charge in [0.05, 0.1) is 6.10 Å². The Kier molecular flexibility index (Phi) is 8.00. The molecule has 0 saturated carbocycles. The summed E-state index contributed by atoms with van der Waals surface area (Å²) in [6.07, 6.45) is 4.76. The lowest BCUT2D eigenvalue weighted by Crippen LogP contribution is -2.35. The first kappa shape index (κ1) is 18.2. The van der Waals surface area contributed by atoms with E-state index in [9.17, 15) is 9.59 Å². The number of amides is 2. The minimum absolute atomic E-state index is 0. The second-order valence-electron chi connectivity index (χ2n) is 5.76. The fourth-order valence-electron chi connectivity index (χ4n) is 2.89. The minimum Gasteiger partial charge on any atom is -0.367 e. The van der Waals surface area contributed by atoms with Crippen molar-refractivity contribution in [2.45, 2.75) is 50.7 Å². The molecule has 4 N–H and O–H groups in total. The van der Waals surface area contributed by atoms with Crippen molar-refractivity contribution >= 4 is 24.2 Å². The SMILES string of the molecule is Cl.NC(=O)C1CCC(CNC(=O)CCC2CCNCC2)O1. The maximum absolute atomic E-state index is 11.8. The predicted molar refractivity (Wildman–Crippen MR) is 82.2 cm³/mol. The molecule has 0 aliphatic carbocycles. The Morgan fingerprint density at radius 3 is 2.52 bits per heavy atom. The van der Waals surface area contributed by atoms with E-state index in [4.69, 9.17) is 10.5 Å². The van der Waals surface area contributed by atoms with Crippen LogP contribution in [0.1, 0.15) is 38.5 Å². The van der Waals surface area contributed by atoms with Crippen molar-refractivity contribution in [3.05, 3.63) is 0 Å². The third-order valence-electron chi connectivity index (χ3n) is 4.19. The number of nitrogens with one attached hydrogen (secondary N) is 2. The third kappa shape index (κ3) is 6.20. The van der Waals surface area contributed by atoms with Crippen LogP contribution in [-0.2, 0) is 14.3 Å². The number of piperidine rings is 1. The molecule has 0 radical (unpaired) electrons. The minimum atomic E-state index is -0.480. The zero-order valence-corrected chi connectivity index (χ0v) is 13.1. The summed E-state index contributed by atoms with van der Waals surface area (Å²) in [5.41, 5.74) is 5.19. The molecule has 0 aromatic rings. The van der Waals surface area contributed by atoms with E-state index in [0.717, 1.165) is 25.9 Å². The molecule has 2 heterocycles. The average Bonchev–Trinajstić information content (AvgIpc) is 2.93. The molecule has 0 aromatic heterocycles. The standard InChI is InChI=1S/C14H25N3O3.ClH/c15-14(19)12-3-2-11(20-12)9-17-13(18)4-1-10-5-7-16-8-6-10;/h10-12,16H,1-9H2,(H2,15,19)(H,17,18);1H. The van der Waals surface area contributed by atoms with Gasteiger partial charge in [-0.1, -0.05) is 0 Å². The zero-order valence-electron chi connectivity index (χ0n) is 12.3. The van der Waals surface area contributed by atoms with Crippen molar-refractivity contribution in [1.29, 1.82) is 0 Å². The number of carbonyl (C=O) groups is 2. The van der Waals surface area contributed by atoms with Crippen LogP contribution in [0.5, 0.6) is 0 Å². The van der Waals surface area contributed by atoms with E-state index in [-0.39, 0.29) is 24.4 Å². The summed E-state index contributed by atoms with van der Waals surface area (Å²) in [5, 5.41) is 6.21. The van der Waals surface area contributed by atoms with Gasteiger partial charge >= 0.3 is 0 Å². The third-order valence-corrected chi connectivity index (χ3v) is 4.19. The zero-order chi connectivity index (χ0) is 14.4. The van der Waals surface area contributed by atoms with Gasteiger partial charge in [0.25, 0.3) is 0 Å². The van der Waals surface area contributed by atoms with E-state index in [1.54, 1.807) is 0 Å². The van der Waals surface area contributed by atoms with E-state index >= 15 is 0 Å². The van der Waals surface area contributed by atoms with Crippen LogP contribution in [-0.4, -0.2) is 43.7 Å². The Balaban J connectivity index is 0.00000220. The number of hydrogen-bond donors (Lipinski definition) is 3. The first-order valence-electron chi connectivity index (χ1n) is 7.57. The molecule has 2 saturated heterocycles. The number of halogens is 1. The Morgan fingerprint density at radius 1 is 1.19 bits per heavy atom. The summed E-state index contributed by atoms with van der Waals surface area (Å²) in [7, 11) is 0. The highest BCUT2D eigenvalue weighted by Crippen LogP contribution is 2.19. The second kappa shape index (κ2) is 9.23. The van der Waals surface area contributed by atoms with Crippen LogP contribution in [0.2, 0.25) is 0 Å². The van der Waals surface area contributed by atoms with Gasteiger partial charge in [0.15, 0.2) is 0 Å². The first-order chi connectivity index (χ1) is 9.65. The molecule has 2 atom stereocenters. The fourth-order valence-corrected chi connectivity index (χ4v) is 2.89. The summed E-state index contributed by atoms with van der Waals surface area (Å²) in [4.78, 5) is 22.8. The van der Waals surface area contributed by atoms with Crippen molar-refractivity contribution in [1.82, 2.24) is 10.6 Å². The molecule has 0 aromatic carbocycles. The van der Waals surface area contributed by atoms with E-state index in [0.29, 0.717) is 25.3 Å². The Labute approximate surface area is 132 Å². The number of hydrogen-bond acceptors (Lipinski definition) is 4. The molecule has 0 bridgehead atoms. The van der Waals surface area contributed by atoms with E-state index in [1.165, 1.54) is 12.8 Å². The Morgan fingerprint density at radius 2 is 1.90 bits per heavy atom. The number of carbonyl (C=O) groups excluding carboxylic acids is 2. The molecule has 7 heteroatoms. The van der Waals surface area contributed by atoms with Gasteiger partial charge in [0.1, 0.15) is 6.10 Å². The maximum atomic E-state index is 11.8. The average molecular weight is 320 g/mol. The van der Waals surface area contributed by atoms with Crippen LogP contribution in [0.15, 0.2) is 0 Å². The van der Waals surface area contributed by atoms with E-state index < -0.39 is 12.0 Å². The number of primary amides is 1. The van der Waals surface area contributed by atoms with Gasteiger partial charge in [0.2, 0.25) is 11.8 Å². The number of ether oxygens (including phenoxy) is 1. The van der Waals surface area contributed by atoms with Crippen molar-refractivity contribution in [2.75, 3.05) is 19.6 Å². The molecule has 122 valence electrons. The van der Waals surface area contributed by atoms with Crippen molar-refractivity contribution in [2.24, 2.45) is 11.7 Å². The van der Waals surface area contributed by atoms with Gasteiger partial charge in [0, 0.05) is 13.0 Å². The number of nitrogens with two attached hydrogens (primary N) is 1. The second-order valence-corrected chi connectivity index (χ2v) is 5.76. The summed E-state index contributed by atoms with van der Waals surface area (Å²) in [6, 6.07) is 0. The van der Waals surface area contributed by atoms with E-state index in [2.05, 4.69) is 10.6 Å².